The number of amides is 1. The van der Waals surface area contributed by atoms with Crippen LogP contribution in [-0.2, 0) is 6.42 Å². The smallest absolute Gasteiger partial charge is 0.253 e. The Morgan fingerprint density at radius 2 is 2.11 bits per heavy atom. The van der Waals surface area contributed by atoms with Crippen molar-refractivity contribution in [3.05, 3.63) is 51.5 Å². The van der Waals surface area contributed by atoms with E-state index in [1.54, 1.807) is 22.4 Å². The van der Waals surface area contributed by atoms with Gasteiger partial charge in [-0.05, 0) is 37.1 Å². The van der Waals surface area contributed by atoms with Crippen LogP contribution in [0.1, 0.15) is 26.5 Å². The third kappa shape index (κ3) is 3.41. The molecule has 3 nitrogen and oxygen atoms in total. The molecule has 1 amide bonds. The average molecular weight is 274 g/mol. The number of hydrogen-bond donors (Lipinski definition) is 0. The second-order valence-corrected chi connectivity index (χ2v) is 5.68. The molecule has 0 spiro atoms. The Morgan fingerprint density at radius 3 is 2.74 bits per heavy atom. The van der Waals surface area contributed by atoms with Crippen molar-refractivity contribution in [2.75, 3.05) is 13.6 Å². The molecule has 0 saturated heterocycles. The molecule has 4 heteroatoms. The summed E-state index contributed by atoms with van der Waals surface area (Å²) in [6.45, 7) is 4.77. The fourth-order valence-corrected chi connectivity index (χ4v) is 2.45. The summed E-state index contributed by atoms with van der Waals surface area (Å²) >= 11 is 1.63. The van der Waals surface area contributed by atoms with Gasteiger partial charge >= 0.3 is 0 Å². The van der Waals surface area contributed by atoms with E-state index < -0.39 is 0 Å². The van der Waals surface area contributed by atoms with Crippen molar-refractivity contribution in [1.82, 2.24) is 9.88 Å². The molecular formula is C15H18N2OS. The van der Waals surface area contributed by atoms with Crippen molar-refractivity contribution in [3.63, 3.8) is 0 Å². The molecule has 19 heavy (non-hydrogen) atoms. The summed E-state index contributed by atoms with van der Waals surface area (Å²) in [5, 5.41) is 3.03. The summed E-state index contributed by atoms with van der Waals surface area (Å²) in [6, 6.07) is 5.85. The van der Waals surface area contributed by atoms with Crippen LogP contribution in [0.25, 0.3) is 0 Å². The van der Waals surface area contributed by atoms with Crippen molar-refractivity contribution in [3.8, 4) is 0 Å². The lowest BCUT2D eigenvalue weighted by Gasteiger charge is -2.17. The summed E-state index contributed by atoms with van der Waals surface area (Å²) < 4.78 is 0. The van der Waals surface area contributed by atoms with E-state index in [0.717, 1.165) is 22.6 Å². The molecule has 2 rings (SSSR count). The van der Waals surface area contributed by atoms with Gasteiger partial charge in [0, 0.05) is 37.2 Å². The van der Waals surface area contributed by atoms with Crippen LogP contribution in [-0.4, -0.2) is 29.4 Å². The lowest BCUT2D eigenvalue weighted by Crippen LogP contribution is -2.28. The Bertz CT molecular complexity index is 564. The molecule has 0 unspecified atom stereocenters. The van der Waals surface area contributed by atoms with Gasteiger partial charge in [-0.1, -0.05) is 6.07 Å². The van der Waals surface area contributed by atoms with E-state index in [9.17, 15) is 4.79 Å². The van der Waals surface area contributed by atoms with Crippen molar-refractivity contribution in [1.29, 1.82) is 0 Å². The fourth-order valence-electron chi connectivity index (χ4n) is 1.84. The Kier molecular flexibility index (Phi) is 4.32. The second-order valence-electron chi connectivity index (χ2n) is 4.70. The van der Waals surface area contributed by atoms with E-state index in [1.807, 2.05) is 37.6 Å². The molecule has 0 bridgehead atoms. The number of carbonyl (C=O) groups excluding carboxylic acids is 1. The standard InChI is InChI=1S/C15H18N2OS/c1-11-4-5-13(10-12(11)2)15(18)17(3)8-6-14-16-7-9-19-14/h4-5,7,9-10H,6,8H2,1-3H3. The number of nitrogens with zero attached hydrogens (tertiary/aromatic N) is 2. The van der Waals surface area contributed by atoms with Crippen LogP contribution in [0.2, 0.25) is 0 Å². The topological polar surface area (TPSA) is 33.2 Å². The molecule has 2 aromatic rings. The maximum Gasteiger partial charge on any atom is 0.253 e. The first-order chi connectivity index (χ1) is 9.08. The number of carbonyl (C=O) groups is 1. The molecule has 0 fully saturated rings. The van der Waals surface area contributed by atoms with Gasteiger partial charge in [0.15, 0.2) is 0 Å². The second kappa shape index (κ2) is 5.97. The van der Waals surface area contributed by atoms with Crippen LogP contribution in [0.15, 0.2) is 29.8 Å². The first-order valence-electron chi connectivity index (χ1n) is 6.29. The highest BCUT2D eigenvalue weighted by molar-refractivity contribution is 7.09. The fraction of sp³-hybridized carbons (Fsp3) is 0.333. The summed E-state index contributed by atoms with van der Waals surface area (Å²) in [5.41, 5.74) is 3.12. The number of aromatic nitrogens is 1. The van der Waals surface area contributed by atoms with Crippen LogP contribution in [0, 0.1) is 13.8 Å². The van der Waals surface area contributed by atoms with Gasteiger partial charge in [-0.25, -0.2) is 4.98 Å². The maximum atomic E-state index is 12.3. The SMILES string of the molecule is Cc1ccc(C(=O)N(C)CCc2nccs2)cc1C. The third-order valence-electron chi connectivity index (χ3n) is 3.25. The Balaban J connectivity index is 2.00. The first-order valence-corrected chi connectivity index (χ1v) is 7.17. The zero-order valence-corrected chi connectivity index (χ0v) is 12.3. The molecule has 100 valence electrons. The summed E-state index contributed by atoms with van der Waals surface area (Å²) in [6.07, 6.45) is 2.61. The monoisotopic (exact) mass is 274 g/mol. The van der Waals surface area contributed by atoms with Gasteiger partial charge < -0.3 is 4.90 Å². The molecule has 0 N–H and O–H groups in total. The van der Waals surface area contributed by atoms with Crippen LogP contribution >= 0.6 is 11.3 Å². The lowest BCUT2D eigenvalue weighted by atomic mass is 10.1. The highest BCUT2D eigenvalue weighted by Crippen LogP contribution is 2.12. The number of aryl methyl sites for hydroxylation is 2. The number of rotatable bonds is 4. The van der Waals surface area contributed by atoms with Crippen LogP contribution in [0.5, 0.6) is 0 Å². The Hall–Kier alpha value is -1.68. The summed E-state index contributed by atoms with van der Waals surface area (Å²) in [7, 11) is 1.84. The van der Waals surface area contributed by atoms with Crippen molar-refractivity contribution < 1.29 is 4.79 Å². The molecule has 0 saturated carbocycles. The lowest BCUT2D eigenvalue weighted by molar-refractivity contribution is 0.0796. The minimum Gasteiger partial charge on any atom is -0.341 e. The van der Waals surface area contributed by atoms with Crippen LogP contribution in [0.4, 0.5) is 0 Å². The van der Waals surface area contributed by atoms with Gasteiger partial charge in [0.2, 0.25) is 0 Å². The Labute approximate surface area is 117 Å². The van der Waals surface area contributed by atoms with Gasteiger partial charge in [0.1, 0.15) is 0 Å². The molecule has 1 aromatic carbocycles. The molecule has 0 aliphatic heterocycles. The zero-order valence-electron chi connectivity index (χ0n) is 11.5. The summed E-state index contributed by atoms with van der Waals surface area (Å²) in [4.78, 5) is 18.3. The molecule has 1 aromatic heterocycles. The van der Waals surface area contributed by atoms with Crippen molar-refractivity contribution >= 4 is 17.2 Å². The van der Waals surface area contributed by atoms with Gasteiger partial charge in [-0.3, -0.25) is 4.79 Å². The minimum atomic E-state index is 0.0691. The van der Waals surface area contributed by atoms with E-state index in [-0.39, 0.29) is 5.91 Å². The van der Waals surface area contributed by atoms with Gasteiger partial charge in [0.05, 0.1) is 5.01 Å². The number of likely N-dealkylation sites (N-methyl/N-ethyl adjacent to an activating group) is 1. The molecule has 1 heterocycles. The van der Waals surface area contributed by atoms with E-state index in [4.69, 9.17) is 0 Å². The van der Waals surface area contributed by atoms with Gasteiger partial charge in [0.25, 0.3) is 5.91 Å². The number of benzene rings is 1. The molecule has 0 aliphatic rings. The first kappa shape index (κ1) is 13.7. The third-order valence-corrected chi connectivity index (χ3v) is 4.08. The maximum absolute atomic E-state index is 12.3. The predicted octanol–water partition coefficient (Wildman–Crippen LogP) is 3.07. The normalized spacial score (nSPS) is 10.5. The van der Waals surface area contributed by atoms with Gasteiger partial charge in [-0.2, -0.15) is 0 Å². The van der Waals surface area contributed by atoms with E-state index in [1.165, 1.54) is 5.56 Å². The van der Waals surface area contributed by atoms with Crippen LogP contribution in [0.3, 0.4) is 0 Å². The van der Waals surface area contributed by atoms with Gasteiger partial charge in [-0.15, -0.1) is 11.3 Å². The van der Waals surface area contributed by atoms with E-state index in [2.05, 4.69) is 11.9 Å². The number of thiazole rings is 1. The number of hydrogen-bond acceptors (Lipinski definition) is 3. The van der Waals surface area contributed by atoms with E-state index in [0.29, 0.717) is 6.54 Å². The molecule has 0 radical (unpaired) electrons. The quantitative estimate of drug-likeness (QED) is 0.858. The van der Waals surface area contributed by atoms with Crippen molar-refractivity contribution in [2.24, 2.45) is 0 Å². The molecular weight excluding hydrogens is 256 g/mol. The highest BCUT2D eigenvalue weighted by atomic mass is 32.1. The Morgan fingerprint density at radius 1 is 1.32 bits per heavy atom. The van der Waals surface area contributed by atoms with Crippen LogP contribution < -0.4 is 0 Å². The zero-order chi connectivity index (χ0) is 13.8. The van der Waals surface area contributed by atoms with Crippen molar-refractivity contribution in [2.45, 2.75) is 20.3 Å². The molecule has 0 atom stereocenters. The summed E-state index contributed by atoms with van der Waals surface area (Å²) in [5.74, 6) is 0.0691. The minimum absolute atomic E-state index is 0.0691. The average Bonchev–Trinajstić information content (AvgIpc) is 2.91. The highest BCUT2D eigenvalue weighted by Gasteiger charge is 2.12. The largest absolute Gasteiger partial charge is 0.341 e. The molecule has 0 aliphatic carbocycles. The van der Waals surface area contributed by atoms with E-state index >= 15 is 0 Å². The predicted molar refractivity (Wildman–Crippen MR) is 78.7 cm³/mol.